The Hall–Kier alpha value is -2.37. The first-order chi connectivity index (χ1) is 13.0. The Morgan fingerprint density at radius 1 is 1.07 bits per heavy atom. The molecule has 0 bridgehead atoms. The highest BCUT2D eigenvalue weighted by Gasteiger charge is 2.21. The van der Waals surface area contributed by atoms with Crippen molar-refractivity contribution in [3.63, 3.8) is 0 Å². The van der Waals surface area contributed by atoms with Gasteiger partial charge in [0.1, 0.15) is 11.6 Å². The second-order valence-electron chi connectivity index (χ2n) is 6.63. The van der Waals surface area contributed by atoms with E-state index in [1.54, 1.807) is 30.5 Å². The van der Waals surface area contributed by atoms with Crippen LogP contribution in [-0.2, 0) is 0 Å². The number of nitrogens with one attached hydrogen (secondary N) is 1. The van der Waals surface area contributed by atoms with Gasteiger partial charge in [0.25, 0.3) is 5.56 Å². The maximum Gasteiger partial charge on any atom is 0.255 e. The lowest BCUT2D eigenvalue weighted by Gasteiger charge is -2.27. The van der Waals surface area contributed by atoms with Crippen LogP contribution >= 0.6 is 11.6 Å². The van der Waals surface area contributed by atoms with Crippen LogP contribution in [0.5, 0.6) is 5.75 Å². The summed E-state index contributed by atoms with van der Waals surface area (Å²) in [5.41, 5.74) is 5.75. The SMILES string of the molecule is Fc1ccccc1.NC1CCC(Oc2cc3cc[nH]c(=O)c3cc2Cl)CC1. The van der Waals surface area contributed by atoms with Crippen LogP contribution in [0.25, 0.3) is 10.8 Å². The number of hydrogen-bond acceptors (Lipinski definition) is 3. The molecule has 0 radical (unpaired) electrons. The number of nitrogens with two attached hydrogens (primary N) is 1. The fraction of sp³-hybridized carbons (Fsp3) is 0.286. The minimum Gasteiger partial charge on any atom is -0.489 e. The topological polar surface area (TPSA) is 68.1 Å². The Morgan fingerprint density at radius 2 is 1.78 bits per heavy atom. The van der Waals surface area contributed by atoms with Gasteiger partial charge in [0.05, 0.1) is 11.1 Å². The van der Waals surface area contributed by atoms with Gasteiger partial charge >= 0.3 is 0 Å². The Morgan fingerprint density at radius 3 is 2.41 bits per heavy atom. The Labute approximate surface area is 162 Å². The number of halogens is 2. The average molecular weight is 389 g/mol. The van der Waals surface area contributed by atoms with Crippen LogP contribution in [0.4, 0.5) is 4.39 Å². The number of benzene rings is 2. The molecule has 0 atom stereocenters. The Balaban J connectivity index is 0.000000253. The molecule has 1 aromatic heterocycles. The zero-order valence-electron chi connectivity index (χ0n) is 14.8. The van der Waals surface area contributed by atoms with E-state index >= 15 is 0 Å². The number of hydrogen-bond donors (Lipinski definition) is 2. The highest BCUT2D eigenvalue weighted by molar-refractivity contribution is 6.32. The number of H-pyrrole nitrogens is 1. The van der Waals surface area contributed by atoms with Crippen molar-refractivity contribution in [1.29, 1.82) is 0 Å². The van der Waals surface area contributed by atoms with E-state index in [2.05, 4.69) is 4.98 Å². The number of pyridine rings is 1. The number of rotatable bonds is 2. The molecule has 1 heterocycles. The standard InChI is InChI=1S/C15H17ClN2O2.C6H5F/c16-13-8-12-9(5-6-18-15(12)19)7-14(13)20-11-3-1-10(17)2-4-11;7-6-4-2-1-3-5-6/h5-8,10-11H,1-4,17H2,(H,18,19);1-5H. The number of ether oxygens (including phenoxy) is 1. The first-order valence-electron chi connectivity index (χ1n) is 8.96. The van der Waals surface area contributed by atoms with Crippen LogP contribution in [0.2, 0.25) is 5.02 Å². The van der Waals surface area contributed by atoms with Gasteiger partial charge in [0.2, 0.25) is 0 Å². The summed E-state index contributed by atoms with van der Waals surface area (Å²) >= 11 is 6.22. The molecule has 0 unspecified atom stereocenters. The molecule has 3 N–H and O–H groups in total. The minimum absolute atomic E-state index is 0.139. The predicted octanol–water partition coefficient (Wildman–Crippen LogP) is 4.66. The maximum absolute atomic E-state index is 11.9. The summed E-state index contributed by atoms with van der Waals surface area (Å²) in [7, 11) is 0. The number of fused-ring (bicyclic) bond motifs is 1. The molecule has 2 aromatic carbocycles. The molecule has 0 spiro atoms. The summed E-state index contributed by atoms with van der Waals surface area (Å²) in [5.74, 6) is 0.465. The molecule has 0 aliphatic heterocycles. The summed E-state index contributed by atoms with van der Waals surface area (Å²) in [6.45, 7) is 0. The van der Waals surface area contributed by atoms with E-state index in [0.717, 1.165) is 31.1 Å². The Kier molecular flexibility index (Phi) is 6.48. The third-order valence-electron chi connectivity index (χ3n) is 4.57. The van der Waals surface area contributed by atoms with Gasteiger partial charge < -0.3 is 15.5 Å². The molecule has 4 nitrogen and oxygen atoms in total. The number of aromatic amines is 1. The summed E-state index contributed by atoms with van der Waals surface area (Å²) < 4.78 is 17.9. The molecule has 0 saturated heterocycles. The lowest BCUT2D eigenvalue weighted by molar-refractivity contribution is 0.147. The first-order valence-corrected chi connectivity index (χ1v) is 9.34. The van der Waals surface area contributed by atoms with Gasteiger partial charge in [0, 0.05) is 17.6 Å². The molecule has 1 fully saturated rings. The molecule has 4 rings (SSSR count). The summed E-state index contributed by atoms with van der Waals surface area (Å²) in [6.07, 6.45) is 5.65. The van der Waals surface area contributed by atoms with Gasteiger partial charge in [-0.05, 0) is 61.4 Å². The van der Waals surface area contributed by atoms with Crippen molar-refractivity contribution in [2.75, 3.05) is 0 Å². The quantitative estimate of drug-likeness (QED) is 0.671. The molecular formula is C21H22ClFN2O2. The van der Waals surface area contributed by atoms with Crippen molar-refractivity contribution in [1.82, 2.24) is 4.98 Å². The molecule has 142 valence electrons. The van der Waals surface area contributed by atoms with Crippen molar-refractivity contribution in [3.8, 4) is 5.75 Å². The van der Waals surface area contributed by atoms with Gasteiger partial charge in [-0.15, -0.1) is 0 Å². The molecule has 0 amide bonds. The van der Waals surface area contributed by atoms with Gasteiger partial charge in [-0.3, -0.25) is 4.79 Å². The third-order valence-corrected chi connectivity index (χ3v) is 4.87. The molecule has 6 heteroatoms. The zero-order valence-corrected chi connectivity index (χ0v) is 15.6. The highest BCUT2D eigenvalue weighted by atomic mass is 35.5. The van der Waals surface area contributed by atoms with Crippen molar-refractivity contribution >= 4 is 22.4 Å². The van der Waals surface area contributed by atoms with E-state index in [1.807, 2.05) is 12.1 Å². The second-order valence-corrected chi connectivity index (χ2v) is 7.03. The van der Waals surface area contributed by atoms with Gasteiger partial charge in [-0.2, -0.15) is 0 Å². The van der Waals surface area contributed by atoms with Crippen LogP contribution in [0.15, 0.2) is 59.5 Å². The maximum atomic E-state index is 11.9. The zero-order chi connectivity index (χ0) is 19.2. The molecular weight excluding hydrogens is 367 g/mol. The van der Waals surface area contributed by atoms with Crippen molar-refractivity contribution in [2.45, 2.75) is 37.8 Å². The summed E-state index contributed by atoms with van der Waals surface area (Å²) in [5, 5.41) is 1.89. The van der Waals surface area contributed by atoms with E-state index in [4.69, 9.17) is 22.1 Å². The lowest BCUT2D eigenvalue weighted by Crippen LogP contribution is -2.31. The summed E-state index contributed by atoms with van der Waals surface area (Å²) in [4.78, 5) is 14.3. The largest absolute Gasteiger partial charge is 0.489 e. The highest BCUT2D eigenvalue weighted by Crippen LogP contribution is 2.31. The van der Waals surface area contributed by atoms with E-state index in [1.165, 1.54) is 12.1 Å². The van der Waals surface area contributed by atoms with Crippen LogP contribution in [0.1, 0.15) is 25.7 Å². The van der Waals surface area contributed by atoms with Crippen LogP contribution in [0, 0.1) is 5.82 Å². The number of aromatic nitrogens is 1. The monoisotopic (exact) mass is 388 g/mol. The smallest absolute Gasteiger partial charge is 0.255 e. The molecule has 1 aliphatic carbocycles. The molecule has 3 aromatic rings. The first kappa shape index (κ1) is 19.4. The minimum atomic E-state index is -0.178. The molecule has 27 heavy (non-hydrogen) atoms. The van der Waals surface area contributed by atoms with E-state index in [0.29, 0.717) is 22.2 Å². The Bertz CT molecular complexity index is 938. The van der Waals surface area contributed by atoms with Gasteiger partial charge in [-0.25, -0.2) is 4.39 Å². The van der Waals surface area contributed by atoms with Crippen LogP contribution in [-0.4, -0.2) is 17.1 Å². The molecule has 1 aliphatic rings. The van der Waals surface area contributed by atoms with Crippen LogP contribution in [0.3, 0.4) is 0 Å². The lowest BCUT2D eigenvalue weighted by atomic mass is 9.94. The summed E-state index contributed by atoms with van der Waals surface area (Å²) in [6, 6.07) is 13.6. The van der Waals surface area contributed by atoms with Crippen molar-refractivity contribution in [2.24, 2.45) is 5.73 Å². The van der Waals surface area contributed by atoms with E-state index in [-0.39, 0.29) is 17.5 Å². The second kappa shape index (κ2) is 9.02. The fourth-order valence-electron chi connectivity index (χ4n) is 3.08. The van der Waals surface area contributed by atoms with Crippen LogP contribution < -0.4 is 16.0 Å². The molecule has 1 saturated carbocycles. The predicted molar refractivity (Wildman–Crippen MR) is 107 cm³/mol. The third kappa shape index (κ3) is 5.31. The van der Waals surface area contributed by atoms with Crippen molar-refractivity contribution < 1.29 is 9.13 Å². The van der Waals surface area contributed by atoms with Crippen molar-refractivity contribution in [3.05, 3.63) is 75.9 Å². The average Bonchev–Trinajstić information content (AvgIpc) is 2.66. The van der Waals surface area contributed by atoms with E-state index < -0.39 is 0 Å². The van der Waals surface area contributed by atoms with E-state index in [9.17, 15) is 9.18 Å². The normalized spacial score (nSPS) is 19.2. The van der Waals surface area contributed by atoms with Gasteiger partial charge in [0.15, 0.2) is 0 Å². The fourth-order valence-corrected chi connectivity index (χ4v) is 3.29. The van der Waals surface area contributed by atoms with Gasteiger partial charge in [-0.1, -0.05) is 29.8 Å².